The first-order valence-corrected chi connectivity index (χ1v) is 7.22. The van der Waals surface area contributed by atoms with E-state index >= 15 is 0 Å². The van der Waals surface area contributed by atoms with Crippen LogP contribution in [0.5, 0.6) is 0 Å². The van der Waals surface area contributed by atoms with Gasteiger partial charge in [0.15, 0.2) is 11.7 Å². The Morgan fingerprint density at radius 2 is 2.00 bits per heavy atom. The quantitative estimate of drug-likeness (QED) is 0.827. The fourth-order valence-corrected chi connectivity index (χ4v) is 2.69. The summed E-state index contributed by atoms with van der Waals surface area (Å²) in [5.41, 5.74) is 4.03. The predicted molar refractivity (Wildman–Crippen MR) is 85.4 cm³/mol. The van der Waals surface area contributed by atoms with Crippen molar-refractivity contribution >= 4 is 35.0 Å². The second kappa shape index (κ2) is 7.14. The van der Waals surface area contributed by atoms with Crippen molar-refractivity contribution in [2.75, 3.05) is 19.5 Å². The Labute approximate surface area is 144 Å². The number of methoxy groups -OCH3 is 1. The molecule has 0 spiro atoms. The van der Waals surface area contributed by atoms with Crippen molar-refractivity contribution in [3.05, 3.63) is 50.0 Å². The number of anilines is 1. The molecular weight excluding hydrogens is 367 g/mol. The monoisotopic (exact) mass is 377 g/mol. The van der Waals surface area contributed by atoms with E-state index in [4.69, 9.17) is 28.9 Å². The highest BCUT2D eigenvalue weighted by atomic mass is 35.5. The Balaban J connectivity index is 2.70. The highest BCUT2D eigenvalue weighted by Gasteiger charge is 2.22. The number of alkyl halides is 2. The minimum Gasteiger partial charge on any atom is -0.465 e. The third kappa shape index (κ3) is 3.20. The summed E-state index contributed by atoms with van der Waals surface area (Å²) in [7, 11) is 1.08. The van der Waals surface area contributed by atoms with E-state index < -0.39 is 29.9 Å². The number of hydrogen-bond donors (Lipinski definition) is 1. The molecule has 0 aliphatic heterocycles. The molecule has 1 aromatic carbocycles. The van der Waals surface area contributed by atoms with Gasteiger partial charge in [-0.05, 0) is 17.7 Å². The minimum absolute atomic E-state index is 0.0456. The molecule has 1 heterocycles. The van der Waals surface area contributed by atoms with Crippen LogP contribution in [0.15, 0.2) is 23.3 Å². The lowest BCUT2D eigenvalue weighted by Crippen LogP contribution is -2.28. The van der Waals surface area contributed by atoms with Gasteiger partial charge in [-0.2, -0.15) is 0 Å². The first-order chi connectivity index (χ1) is 11.3. The summed E-state index contributed by atoms with van der Waals surface area (Å²) in [5.74, 6) is -1.31. The molecule has 0 bridgehead atoms. The molecule has 2 N–H and O–H groups in total. The van der Waals surface area contributed by atoms with Gasteiger partial charge in [0.05, 0.1) is 22.8 Å². The topological polar surface area (TPSA) is 87.2 Å². The van der Waals surface area contributed by atoms with Crippen molar-refractivity contribution in [3.8, 4) is 5.69 Å². The van der Waals surface area contributed by atoms with Crippen LogP contribution in [0, 0.1) is 0 Å². The summed E-state index contributed by atoms with van der Waals surface area (Å²) in [6, 6.07) is 2.27. The summed E-state index contributed by atoms with van der Waals surface area (Å²) in [6.07, 6.45) is -0.889. The molecule has 0 aliphatic rings. The summed E-state index contributed by atoms with van der Waals surface area (Å²) in [5, 5.41) is -0.254. The minimum atomic E-state index is -1.90. The molecular formula is C14H11Cl2F2N3O3. The Kier molecular flexibility index (Phi) is 5.40. The Hall–Kier alpha value is -2.19. The first-order valence-electron chi connectivity index (χ1n) is 6.46. The van der Waals surface area contributed by atoms with E-state index in [9.17, 15) is 18.4 Å². The second-order valence-corrected chi connectivity index (χ2v) is 5.44. The molecule has 10 heteroatoms. The van der Waals surface area contributed by atoms with Crippen LogP contribution in [-0.4, -0.2) is 29.3 Å². The third-order valence-electron chi connectivity index (χ3n) is 3.17. The lowest BCUT2D eigenvalue weighted by molar-refractivity contribution is 0.0599. The molecule has 2 rings (SSSR count). The Bertz CT molecular complexity index is 835. The summed E-state index contributed by atoms with van der Waals surface area (Å²) < 4.78 is 31.3. The third-order valence-corrected chi connectivity index (χ3v) is 3.74. The number of nitrogen functional groups attached to an aromatic ring is 1. The number of nitrogens with zero attached hydrogens (tertiary/aromatic N) is 2. The normalized spacial score (nSPS) is 12.0. The average Bonchev–Trinajstić information content (AvgIpc) is 2.55. The van der Waals surface area contributed by atoms with E-state index in [2.05, 4.69) is 9.72 Å². The van der Waals surface area contributed by atoms with Gasteiger partial charge in [0.2, 0.25) is 0 Å². The average molecular weight is 378 g/mol. The second-order valence-electron chi connectivity index (χ2n) is 4.63. The zero-order valence-electron chi connectivity index (χ0n) is 12.2. The number of rotatable bonds is 4. The first kappa shape index (κ1) is 18.2. The van der Waals surface area contributed by atoms with Crippen LogP contribution >= 0.6 is 23.2 Å². The van der Waals surface area contributed by atoms with Gasteiger partial charge in [0.1, 0.15) is 18.8 Å². The maximum absolute atomic E-state index is 13.5. The number of ether oxygens (including phenoxy) is 1. The number of aromatic nitrogens is 2. The zero-order chi connectivity index (χ0) is 18.0. The largest absolute Gasteiger partial charge is 0.465 e. The fraction of sp³-hybridized carbons (Fsp3) is 0.214. The lowest BCUT2D eigenvalue weighted by Gasteiger charge is -2.14. The van der Waals surface area contributed by atoms with E-state index in [1.165, 1.54) is 0 Å². The van der Waals surface area contributed by atoms with Crippen molar-refractivity contribution < 1.29 is 18.3 Å². The van der Waals surface area contributed by atoms with Crippen LogP contribution in [0.3, 0.4) is 0 Å². The number of nitrogens with two attached hydrogens (primary N) is 1. The molecule has 0 aliphatic carbocycles. The predicted octanol–water partition coefficient (Wildman–Crippen LogP) is 2.89. The molecule has 0 radical (unpaired) electrons. The smallest absolute Gasteiger partial charge is 0.347 e. The van der Waals surface area contributed by atoms with E-state index in [1.54, 1.807) is 0 Å². The highest BCUT2D eigenvalue weighted by molar-refractivity contribution is 6.37. The molecule has 0 saturated heterocycles. The molecule has 2 aromatic rings. The van der Waals surface area contributed by atoms with Gasteiger partial charge in [-0.15, -0.1) is 0 Å². The molecule has 0 saturated carbocycles. The Morgan fingerprint density at radius 1 is 1.42 bits per heavy atom. The number of carbonyl (C=O) groups is 1. The zero-order valence-corrected chi connectivity index (χ0v) is 13.7. The van der Waals surface area contributed by atoms with E-state index in [-0.39, 0.29) is 27.1 Å². The summed E-state index contributed by atoms with van der Waals surface area (Å²) in [4.78, 5) is 27.9. The maximum atomic E-state index is 13.5. The molecule has 128 valence electrons. The van der Waals surface area contributed by atoms with Gasteiger partial charge in [-0.25, -0.2) is 18.6 Å². The molecule has 0 fully saturated rings. The van der Waals surface area contributed by atoms with Gasteiger partial charge in [0.25, 0.3) is 5.56 Å². The fourth-order valence-electron chi connectivity index (χ4n) is 2.01. The standard InChI is InChI=1S/C14H11Cl2F2N3O3/c1-24-14(23)10-12(19)20-5-21(13(10)22)11-7(15)2-6(3-8(11)16)9(18)4-17/h2-3,5,9H,4,19H2,1H3/t9-/m1/s1. The molecule has 1 atom stereocenters. The van der Waals surface area contributed by atoms with Crippen LogP contribution in [0.4, 0.5) is 14.6 Å². The van der Waals surface area contributed by atoms with E-state index in [0.717, 1.165) is 30.1 Å². The van der Waals surface area contributed by atoms with Crippen LogP contribution in [-0.2, 0) is 4.74 Å². The highest BCUT2D eigenvalue weighted by Crippen LogP contribution is 2.33. The van der Waals surface area contributed by atoms with Gasteiger partial charge in [-0.3, -0.25) is 9.36 Å². The number of carbonyl (C=O) groups excluding carboxylic acids is 1. The summed E-state index contributed by atoms with van der Waals surface area (Å²) in [6.45, 7) is -1.25. The molecule has 0 unspecified atom stereocenters. The van der Waals surface area contributed by atoms with Crippen LogP contribution in [0.25, 0.3) is 5.69 Å². The van der Waals surface area contributed by atoms with Gasteiger partial charge >= 0.3 is 5.97 Å². The number of hydrogen-bond acceptors (Lipinski definition) is 5. The lowest BCUT2D eigenvalue weighted by atomic mass is 10.1. The number of esters is 1. The van der Waals surface area contributed by atoms with Crippen LogP contribution < -0.4 is 11.3 Å². The molecule has 24 heavy (non-hydrogen) atoms. The molecule has 6 nitrogen and oxygen atoms in total. The van der Waals surface area contributed by atoms with Crippen molar-refractivity contribution in [1.29, 1.82) is 0 Å². The Morgan fingerprint density at radius 3 is 2.50 bits per heavy atom. The van der Waals surface area contributed by atoms with Gasteiger partial charge in [0, 0.05) is 0 Å². The van der Waals surface area contributed by atoms with Gasteiger partial charge in [-0.1, -0.05) is 23.2 Å². The van der Waals surface area contributed by atoms with E-state index in [0.29, 0.717) is 0 Å². The molecule has 0 amide bonds. The number of halogens is 4. The molecule has 1 aromatic heterocycles. The maximum Gasteiger partial charge on any atom is 0.347 e. The van der Waals surface area contributed by atoms with Crippen LogP contribution in [0.1, 0.15) is 22.1 Å². The van der Waals surface area contributed by atoms with Gasteiger partial charge < -0.3 is 10.5 Å². The van der Waals surface area contributed by atoms with Crippen molar-refractivity contribution in [1.82, 2.24) is 9.55 Å². The van der Waals surface area contributed by atoms with E-state index in [1.807, 2.05) is 0 Å². The van der Waals surface area contributed by atoms with Crippen molar-refractivity contribution in [2.45, 2.75) is 6.17 Å². The van der Waals surface area contributed by atoms with Crippen molar-refractivity contribution in [2.24, 2.45) is 0 Å². The van der Waals surface area contributed by atoms with Crippen molar-refractivity contribution in [3.63, 3.8) is 0 Å². The SMILES string of the molecule is COC(=O)c1c(N)ncn(-c2c(Cl)cc([C@H](F)CF)cc2Cl)c1=O. The number of benzene rings is 1. The van der Waals surface area contributed by atoms with Crippen LogP contribution in [0.2, 0.25) is 10.0 Å². The summed E-state index contributed by atoms with van der Waals surface area (Å²) >= 11 is 12.1.